The Morgan fingerprint density at radius 1 is 0.806 bits per heavy atom. The highest BCUT2D eigenvalue weighted by Gasteiger charge is 2.24. The van der Waals surface area contributed by atoms with E-state index in [1.165, 1.54) is 11.3 Å². The van der Waals surface area contributed by atoms with Crippen LogP contribution in [0.15, 0.2) is 84.9 Å². The van der Waals surface area contributed by atoms with Gasteiger partial charge in [0.25, 0.3) is 0 Å². The fourth-order valence-corrected chi connectivity index (χ4v) is 4.31. The van der Waals surface area contributed by atoms with Crippen molar-refractivity contribution < 1.29 is 4.74 Å². The van der Waals surface area contributed by atoms with Gasteiger partial charge in [-0.25, -0.2) is 0 Å². The van der Waals surface area contributed by atoms with Crippen molar-refractivity contribution in [3.8, 4) is 5.75 Å². The highest BCUT2D eigenvalue weighted by atomic mass is 32.1. The van der Waals surface area contributed by atoms with Gasteiger partial charge in [0.15, 0.2) is 5.82 Å². The summed E-state index contributed by atoms with van der Waals surface area (Å²) in [5.74, 6) is 1.61. The van der Waals surface area contributed by atoms with E-state index in [0.717, 1.165) is 38.2 Å². The molecule has 2 heterocycles. The molecule has 5 aromatic rings. The van der Waals surface area contributed by atoms with Crippen molar-refractivity contribution in [1.82, 2.24) is 19.8 Å². The molecule has 5 rings (SSSR count). The molecule has 0 saturated heterocycles. The summed E-state index contributed by atoms with van der Waals surface area (Å²) in [5, 5.41) is 14.6. The van der Waals surface area contributed by atoms with Crippen molar-refractivity contribution in [3.63, 3.8) is 0 Å². The molecule has 3 aromatic carbocycles. The highest BCUT2D eigenvalue weighted by Crippen LogP contribution is 2.31. The van der Waals surface area contributed by atoms with Crippen molar-refractivity contribution in [2.24, 2.45) is 0 Å². The maximum absolute atomic E-state index is 5.22. The first kappa shape index (κ1) is 19.2. The van der Waals surface area contributed by atoms with Crippen LogP contribution in [0.4, 0.5) is 0 Å². The summed E-state index contributed by atoms with van der Waals surface area (Å²) in [6.45, 7) is 0. The van der Waals surface area contributed by atoms with Crippen LogP contribution in [0.25, 0.3) is 17.1 Å². The van der Waals surface area contributed by atoms with E-state index in [0.29, 0.717) is 0 Å². The van der Waals surface area contributed by atoms with Gasteiger partial charge in [-0.1, -0.05) is 90.2 Å². The minimum atomic E-state index is -0.0436. The molecule has 0 bridgehead atoms. The van der Waals surface area contributed by atoms with Crippen LogP contribution in [0, 0.1) is 0 Å². The molecule has 0 spiro atoms. The summed E-state index contributed by atoms with van der Waals surface area (Å²) >= 11 is 1.52. The molecule has 2 aromatic heterocycles. The van der Waals surface area contributed by atoms with E-state index in [2.05, 4.69) is 34.5 Å². The number of ether oxygens (including phenoxy) is 1. The Balaban J connectivity index is 1.52. The fourth-order valence-electron chi connectivity index (χ4n) is 3.56. The Labute approximate surface area is 184 Å². The number of nitrogens with zero attached hydrogens (tertiary/aromatic N) is 4. The van der Waals surface area contributed by atoms with Gasteiger partial charge in [0.05, 0.1) is 13.0 Å². The third-order valence-corrected chi connectivity index (χ3v) is 5.95. The molecule has 6 heteroatoms. The van der Waals surface area contributed by atoms with Crippen molar-refractivity contribution in [3.05, 3.63) is 112 Å². The van der Waals surface area contributed by atoms with Crippen molar-refractivity contribution in [2.75, 3.05) is 7.11 Å². The van der Waals surface area contributed by atoms with Crippen molar-refractivity contribution >= 4 is 28.4 Å². The molecule has 0 unspecified atom stereocenters. The van der Waals surface area contributed by atoms with Gasteiger partial charge < -0.3 is 4.74 Å². The third-order valence-electron chi connectivity index (χ3n) is 5.09. The Kier molecular flexibility index (Phi) is 5.29. The number of hydrogen-bond acceptors (Lipinski definition) is 5. The van der Waals surface area contributed by atoms with Gasteiger partial charge in [0.2, 0.25) is 4.96 Å². The van der Waals surface area contributed by atoms with Crippen LogP contribution in [0.1, 0.15) is 33.4 Å². The second-order valence-electron chi connectivity index (χ2n) is 7.05. The first-order chi connectivity index (χ1) is 15.3. The molecule has 0 saturated carbocycles. The lowest BCUT2D eigenvalue weighted by Crippen LogP contribution is -2.08. The topological polar surface area (TPSA) is 52.3 Å². The molecule has 0 N–H and O–H groups in total. The standard InChI is InChI=1S/C25H20N4OS/c1-30-21-15-12-18(13-16-21)14-17-22-28-29-24(26-27-25(29)31-22)23(19-8-4-2-5-9-19)20-10-6-3-7-11-20/h2-17,23H,1H3/b17-14+. The van der Waals surface area contributed by atoms with E-state index >= 15 is 0 Å². The predicted octanol–water partition coefficient (Wildman–Crippen LogP) is 5.55. The third kappa shape index (κ3) is 3.98. The molecule has 0 atom stereocenters. The second kappa shape index (κ2) is 8.53. The lowest BCUT2D eigenvalue weighted by Gasteiger charge is -2.15. The molecular formula is C25H20N4OS. The summed E-state index contributed by atoms with van der Waals surface area (Å²) in [6.07, 6.45) is 4.04. The Morgan fingerprint density at radius 2 is 1.45 bits per heavy atom. The van der Waals surface area contributed by atoms with Gasteiger partial charge in [0, 0.05) is 0 Å². The van der Waals surface area contributed by atoms with Gasteiger partial charge in [-0.2, -0.15) is 9.61 Å². The van der Waals surface area contributed by atoms with E-state index < -0.39 is 0 Å². The number of aromatic nitrogens is 4. The number of fused-ring (bicyclic) bond motifs is 1. The van der Waals surface area contributed by atoms with Crippen LogP contribution in [-0.2, 0) is 0 Å². The van der Waals surface area contributed by atoms with Crippen LogP contribution in [0.2, 0.25) is 0 Å². The first-order valence-corrected chi connectivity index (χ1v) is 10.8. The quantitative estimate of drug-likeness (QED) is 0.359. The predicted molar refractivity (Wildman–Crippen MR) is 124 cm³/mol. The van der Waals surface area contributed by atoms with Gasteiger partial charge >= 0.3 is 0 Å². The second-order valence-corrected chi connectivity index (χ2v) is 8.04. The molecule has 0 aliphatic heterocycles. The van der Waals surface area contributed by atoms with Crippen molar-refractivity contribution in [2.45, 2.75) is 5.92 Å². The fraction of sp³-hybridized carbons (Fsp3) is 0.0800. The summed E-state index contributed by atoms with van der Waals surface area (Å²) in [5.41, 5.74) is 3.40. The largest absolute Gasteiger partial charge is 0.497 e. The lowest BCUT2D eigenvalue weighted by atomic mass is 9.91. The van der Waals surface area contributed by atoms with Crippen LogP contribution in [-0.4, -0.2) is 26.9 Å². The molecular weight excluding hydrogens is 404 g/mol. The molecule has 152 valence electrons. The number of methoxy groups -OCH3 is 1. The normalized spacial score (nSPS) is 11.5. The highest BCUT2D eigenvalue weighted by molar-refractivity contribution is 7.17. The smallest absolute Gasteiger partial charge is 0.234 e. The number of rotatable bonds is 6. The SMILES string of the molecule is COc1ccc(/C=C/c2nn3c(C(c4ccccc4)c4ccccc4)nnc3s2)cc1. The molecule has 0 radical (unpaired) electrons. The van der Waals surface area contributed by atoms with E-state index in [9.17, 15) is 0 Å². The summed E-state index contributed by atoms with van der Waals surface area (Å²) < 4.78 is 7.08. The zero-order valence-electron chi connectivity index (χ0n) is 16.9. The van der Waals surface area contributed by atoms with Crippen LogP contribution in [0.3, 0.4) is 0 Å². The minimum absolute atomic E-state index is 0.0436. The van der Waals surface area contributed by atoms with Gasteiger partial charge in [-0.3, -0.25) is 0 Å². The van der Waals surface area contributed by atoms with Crippen LogP contribution < -0.4 is 4.74 Å². The van der Waals surface area contributed by atoms with Crippen LogP contribution in [0.5, 0.6) is 5.75 Å². The number of benzene rings is 3. The van der Waals surface area contributed by atoms with E-state index in [-0.39, 0.29) is 5.92 Å². The van der Waals surface area contributed by atoms with E-state index in [1.807, 2.05) is 77.3 Å². The molecule has 5 nitrogen and oxygen atoms in total. The molecule has 0 aliphatic carbocycles. The van der Waals surface area contributed by atoms with Gasteiger partial charge in [-0.15, -0.1) is 10.2 Å². The first-order valence-electron chi connectivity index (χ1n) is 9.96. The van der Waals surface area contributed by atoms with Gasteiger partial charge in [0.1, 0.15) is 10.8 Å². The van der Waals surface area contributed by atoms with Crippen molar-refractivity contribution in [1.29, 1.82) is 0 Å². The molecule has 31 heavy (non-hydrogen) atoms. The molecule has 0 amide bonds. The zero-order valence-corrected chi connectivity index (χ0v) is 17.7. The maximum atomic E-state index is 5.22. The zero-order chi connectivity index (χ0) is 21.0. The molecule has 0 aliphatic rings. The summed E-state index contributed by atoms with van der Waals surface area (Å²) in [7, 11) is 1.67. The minimum Gasteiger partial charge on any atom is -0.497 e. The van der Waals surface area contributed by atoms with E-state index in [1.54, 1.807) is 7.11 Å². The lowest BCUT2D eigenvalue weighted by molar-refractivity contribution is 0.415. The van der Waals surface area contributed by atoms with Gasteiger partial charge in [-0.05, 0) is 34.9 Å². The Bertz CT molecular complexity index is 1270. The average Bonchev–Trinajstić information content (AvgIpc) is 3.41. The van der Waals surface area contributed by atoms with Crippen LogP contribution >= 0.6 is 11.3 Å². The Morgan fingerprint density at radius 3 is 2.06 bits per heavy atom. The summed E-state index contributed by atoms with van der Waals surface area (Å²) in [6, 6.07) is 28.6. The summed E-state index contributed by atoms with van der Waals surface area (Å²) in [4.78, 5) is 0.779. The molecule has 0 fully saturated rings. The maximum Gasteiger partial charge on any atom is 0.234 e. The monoisotopic (exact) mass is 424 g/mol. The van der Waals surface area contributed by atoms with E-state index in [4.69, 9.17) is 9.84 Å². The Hall–Kier alpha value is -3.77. The number of hydrogen-bond donors (Lipinski definition) is 0. The average molecular weight is 425 g/mol.